The lowest BCUT2D eigenvalue weighted by molar-refractivity contribution is 0.0588. The molecule has 0 spiro atoms. The minimum absolute atomic E-state index is 0.140. The third-order valence-corrected chi connectivity index (χ3v) is 4.80. The summed E-state index contributed by atoms with van der Waals surface area (Å²) in [6, 6.07) is 9.08. The lowest BCUT2D eigenvalue weighted by Crippen LogP contribution is -2.49. The van der Waals surface area contributed by atoms with Crippen molar-refractivity contribution in [1.29, 1.82) is 0 Å². The van der Waals surface area contributed by atoms with Crippen LogP contribution in [-0.4, -0.2) is 44.6 Å². The van der Waals surface area contributed by atoms with E-state index in [1.54, 1.807) is 11.0 Å². The van der Waals surface area contributed by atoms with Crippen LogP contribution in [-0.2, 0) is 10.0 Å². The summed E-state index contributed by atoms with van der Waals surface area (Å²) >= 11 is 0. The van der Waals surface area contributed by atoms with Crippen molar-refractivity contribution in [2.75, 3.05) is 19.3 Å². The van der Waals surface area contributed by atoms with Crippen LogP contribution in [0, 0.1) is 0 Å². The van der Waals surface area contributed by atoms with Crippen molar-refractivity contribution < 1.29 is 17.6 Å². The second kappa shape index (κ2) is 6.33. The van der Waals surface area contributed by atoms with Crippen molar-refractivity contribution in [1.82, 2.24) is 9.62 Å². The number of amides is 1. The molecule has 1 saturated heterocycles. The van der Waals surface area contributed by atoms with E-state index in [9.17, 15) is 13.2 Å². The van der Waals surface area contributed by atoms with E-state index in [1.165, 1.54) is 0 Å². The fourth-order valence-corrected chi connectivity index (χ4v) is 3.45. The molecule has 6 nitrogen and oxygen atoms in total. The molecule has 0 unspecified atom stereocenters. The molecule has 1 atom stereocenters. The molecule has 2 heterocycles. The SMILES string of the molecule is CS(=O)(=O)NC[C@H]1CCCCN1C(=O)c1cc2ccccc2o1. The first-order valence-corrected chi connectivity index (χ1v) is 9.57. The van der Waals surface area contributed by atoms with Crippen LogP contribution in [0.4, 0.5) is 0 Å². The van der Waals surface area contributed by atoms with Crippen molar-refractivity contribution >= 4 is 26.9 Å². The molecule has 1 aliphatic rings. The number of benzene rings is 1. The van der Waals surface area contributed by atoms with Crippen molar-refractivity contribution in [2.24, 2.45) is 0 Å². The van der Waals surface area contributed by atoms with Gasteiger partial charge in [-0.25, -0.2) is 13.1 Å². The van der Waals surface area contributed by atoms with E-state index in [-0.39, 0.29) is 18.5 Å². The molecule has 3 rings (SSSR count). The van der Waals surface area contributed by atoms with Crippen LogP contribution < -0.4 is 4.72 Å². The first-order chi connectivity index (χ1) is 10.9. The highest BCUT2D eigenvalue weighted by atomic mass is 32.2. The van der Waals surface area contributed by atoms with Crippen LogP contribution >= 0.6 is 0 Å². The van der Waals surface area contributed by atoms with E-state index < -0.39 is 10.0 Å². The van der Waals surface area contributed by atoms with Gasteiger partial charge in [-0.15, -0.1) is 0 Å². The lowest BCUT2D eigenvalue weighted by atomic mass is 10.0. The van der Waals surface area contributed by atoms with Gasteiger partial charge in [0.1, 0.15) is 5.58 Å². The second-order valence-corrected chi connectivity index (χ2v) is 7.75. The first-order valence-electron chi connectivity index (χ1n) is 7.68. The van der Waals surface area contributed by atoms with Gasteiger partial charge in [-0.3, -0.25) is 4.79 Å². The maximum atomic E-state index is 12.8. The molecule has 0 bridgehead atoms. The van der Waals surface area contributed by atoms with Crippen LogP contribution in [0.5, 0.6) is 0 Å². The van der Waals surface area contributed by atoms with Crippen molar-refractivity contribution in [3.05, 3.63) is 36.1 Å². The number of fused-ring (bicyclic) bond motifs is 1. The summed E-state index contributed by atoms with van der Waals surface area (Å²) in [7, 11) is -3.27. The van der Waals surface area contributed by atoms with Crippen LogP contribution in [0.3, 0.4) is 0 Å². The highest BCUT2D eigenvalue weighted by molar-refractivity contribution is 7.88. The van der Waals surface area contributed by atoms with Gasteiger partial charge in [0, 0.05) is 24.5 Å². The molecule has 0 aliphatic carbocycles. The van der Waals surface area contributed by atoms with Gasteiger partial charge in [0.2, 0.25) is 10.0 Å². The number of para-hydroxylation sites is 1. The number of furan rings is 1. The van der Waals surface area contributed by atoms with Gasteiger partial charge in [-0.05, 0) is 31.4 Å². The summed E-state index contributed by atoms with van der Waals surface area (Å²) < 4.78 is 30.8. The Bertz CT molecular complexity index is 779. The van der Waals surface area contributed by atoms with Gasteiger partial charge >= 0.3 is 0 Å². The predicted molar refractivity (Wildman–Crippen MR) is 87.7 cm³/mol. The highest BCUT2D eigenvalue weighted by Crippen LogP contribution is 2.24. The largest absolute Gasteiger partial charge is 0.451 e. The van der Waals surface area contributed by atoms with Crippen LogP contribution in [0.25, 0.3) is 11.0 Å². The summed E-state index contributed by atoms with van der Waals surface area (Å²) in [5.74, 6) is 0.124. The Morgan fingerprint density at radius 3 is 2.87 bits per heavy atom. The van der Waals surface area contributed by atoms with Crippen LogP contribution in [0.15, 0.2) is 34.7 Å². The average Bonchev–Trinajstić information content (AvgIpc) is 2.96. The van der Waals surface area contributed by atoms with Crippen LogP contribution in [0.2, 0.25) is 0 Å². The molecule has 1 aromatic heterocycles. The Labute approximate surface area is 135 Å². The predicted octanol–water partition coefficient (Wildman–Crippen LogP) is 1.98. The molecule has 0 radical (unpaired) electrons. The Hall–Kier alpha value is -1.86. The van der Waals surface area contributed by atoms with Gasteiger partial charge in [0.05, 0.1) is 6.26 Å². The van der Waals surface area contributed by atoms with Crippen molar-refractivity contribution in [3.63, 3.8) is 0 Å². The van der Waals surface area contributed by atoms with Crippen molar-refractivity contribution in [3.8, 4) is 0 Å². The minimum Gasteiger partial charge on any atom is -0.451 e. The number of rotatable bonds is 4. The molecule has 1 aliphatic heterocycles. The molecule has 1 aromatic carbocycles. The fourth-order valence-electron chi connectivity index (χ4n) is 2.96. The number of hydrogen-bond donors (Lipinski definition) is 1. The number of likely N-dealkylation sites (tertiary alicyclic amines) is 1. The van der Waals surface area contributed by atoms with Gasteiger partial charge in [0.25, 0.3) is 5.91 Å². The second-order valence-electron chi connectivity index (χ2n) is 5.92. The van der Waals surface area contributed by atoms with Gasteiger partial charge in [-0.2, -0.15) is 0 Å². The minimum atomic E-state index is -3.27. The maximum absolute atomic E-state index is 12.8. The number of piperidine rings is 1. The average molecular weight is 336 g/mol. The molecule has 0 saturated carbocycles. The Morgan fingerprint density at radius 1 is 1.35 bits per heavy atom. The highest BCUT2D eigenvalue weighted by Gasteiger charge is 2.29. The Kier molecular flexibility index (Phi) is 4.41. The normalized spacial score (nSPS) is 19.2. The van der Waals surface area contributed by atoms with E-state index in [4.69, 9.17) is 4.42 Å². The molecule has 1 amide bonds. The quantitative estimate of drug-likeness (QED) is 0.926. The standard InChI is InChI=1S/C16H20N2O4S/c1-23(20,21)17-11-13-7-4-5-9-18(13)16(19)15-10-12-6-2-3-8-14(12)22-15/h2-3,6,8,10,13,17H,4-5,7,9,11H2,1H3/t13-/m1/s1. The third-order valence-electron chi connectivity index (χ3n) is 4.11. The monoisotopic (exact) mass is 336 g/mol. The summed E-state index contributed by atoms with van der Waals surface area (Å²) in [6.07, 6.45) is 3.82. The van der Waals surface area contributed by atoms with Gasteiger partial charge < -0.3 is 9.32 Å². The lowest BCUT2D eigenvalue weighted by Gasteiger charge is -2.35. The summed E-state index contributed by atoms with van der Waals surface area (Å²) in [5, 5.41) is 0.888. The van der Waals surface area contributed by atoms with Gasteiger partial charge in [-0.1, -0.05) is 18.2 Å². The first kappa shape index (κ1) is 16.0. The Morgan fingerprint density at radius 2 is 2.13 bits per heavy atom. The van der Waals surface area contributed by atoms with E-state index in [2.05, 4.69) is 4.72 Å². The fraction of sp³-hybridized carbons (Fsp3) is 0.438. The van der Waals surface area contributed by atoms with E-state index in [0.717, 1.165) is 30.9 Å². The summed E-state index contributed by atoms with van der Waals surface area (Å²) in [4.78, 5) is 14.5. The number of carbonyl (C=O) groups excluding carboxylic acids is 1. The number of sulfonamides is 1. The zero-order valence-electron chi connectivity index (χ0n) is 13.0. The molecule has 7 heteroatoms. The topological polar surface area (TPSA) is 79.6 Å². The van der Waals surface area contributed by atoms with E-state index in [0.29, 0.717) is 17.9 Å². The maximum Gasteiger partial charge on any atom is 0.289 e. The zero-order chi connectivity index (χ0) is 16.4. The van der Waals surface area contributed by atoms with Crippen molar-refractivity contribution in [2.45, 2.75) is 25.3 Å². The van der Waals surface area contributed by atoms with Crippen LogP contribution in [0.1, 0.15) is 29.8 Å². The molecular weight excluding hydrogens is 316 g/mol. The molecule has 2 aromatic rings. The zero-order valence-corrected chi connectivity index (χ0v) is 13.8. The van der Waals surface area contributed by atoms with E-state index in [1.807, 2.05) is 24.3 Å². The number of nitrogens with one attached hydrogen (secondary N) is 1. The smallest absolute Gasteiger partial charge is 0.289 e. The Balaban J connectivity index is 1.80. The summed E-state index contributed by atoms with van der Waals surface area (Å²) in [6.45, 7) is 0.858. The van der Waals surface area contributed by atoms with Gasteiger partial charge in [0.15, 0.2) is 5.76 Å². The molecular formula is C16H20N2O4S. The molecule has 23 heavy (non-hydrogen) atoms. The number of hydrogen-bond acceptors (Lipinski definition) is 4. The van der Waals surface area contributed by atoms with E-state index >= 15 is 0 Å². The third kappa shape index (κ3) is 3.73. The number of carbonyl (C=O) groups is 1. The molecule has 1 fully saturated rings. The number of nitrogens with zero attached hydrogens (tertiary/aromatic N) is 1. The molecule has 124 valence electrons. The summed E-state index contributed by atoms with van der Waals surface area (Å²) in [5.41, 5.74) is 0.679. The molecule has 1 N–H and O–H groups in total.